The van der Waals surface area contributed by atoms with Gasteiger partial charge in [0, 0.05) is 50.5 Å². The molecule has 30 heavy (non-hydrogen) atoms. The highest BCUT2D eigenvalue weighted by molar-refractivity contribution is 6.42. The summed E-state index contributed by atoms with van der Waals surface area (Å²) < 4.78 is 5.79. The molecule has 0 spiro atoms. The molecule has 0 aromatic heterocycles. The summed E-state index contributed by atoms with van der Waals surface area (Å²) in [4.78, 5) is 16.0. The van der Waals surface area contributed by atoms with Crippen molar-refractivity contribution in [3.8, 4) is 5.75 Å². The number of carbonyl (C=O) groups excluding carboxylic acids is 1. The van der Waals surface area contributed by atoms with Crippen molar-refractivity contribution in [3.63, 3.8) is 0 Å². The van der Waals surface area contributed by atoms with Crippen LogP contribution in [0.3, 0.4) is 0 Å². The first-order valence-corrected chi connectivity index (χ1v) is 10.9. The lowest BCUT2D eigenvalue weighted by Gasteiger charge is -2.37. The van der Waals surface area contributed by atoms with Crippen LogP contribution in [0, 0.1) is 0 Å². The number of aliphatic hydroxyl groups excluding tert-OH is 1. The Kier molecular flexibility index (Phi) is 6.68. The molecule has 2 aromatic carbocycles. The van der Waals surface area contributed by atoms with E-state index in [2.05, 4.69) is 15.1 Å². The molecule has 2 heterocycles. The zero-order valence-electron chi connectivity index (χ0n) is 16.6. The maximum atomic E-state index is 11.4. The predicted molar refractivity (Wildman–Crippen MR) is 120 cm³/mol. The normalized spacial score (nSPS) is 18.0. The van der Waals surface area contributed by atoms with Gasteiger partial charge in [0.05, 0.1) is 10.0 Å². The van der Waals surface area contributed by atoms with Crippen molar-refractivity contribution in [2.24, 2.45) is 0 Å². The lowest BCUT2D eigenvalue weighted by Crippen LogP contribution is -2.49. The highest BCUT2D eigenvalue weighted by Crippen LogP contribution is 2.28. The molecule has 1 fully saturated rings. The van der Waals surface area contributed by atoms with Crippen molar-refractivity contribution in [1.29, 1.82) is 0 Å². The molecule has 160 valence electrons. The zero-order chi connectivity index (χ0) is 21.1. The molecule has 6 nitrogen and oxygen atoms in total. The van der Waals surface area contributed by atoms with E-state index < -0.39 is 6.10 Å². The lowest BCUT2D eigenvalue weighted by atomic mass is 10.0. The summed E-state index contributed by atoms with van der Waals surface area (Å²) in [5.74, 6) is 0.763. The Balaban J connectivity index is 1.23. The standard InChI is InChI=1S/C22H25Cl2N3O3/c23-19-4-2-16(12-20(19)24)27-9-7-26(8-10-27)13-17(28)14-30-18-3-5-21-15(11-18)1-6-22(29)25-21/h2-5,11-12,17,28H,1,6-10,13-14H2,(H,25,29). The molecule has 2 aliphatic rings. The second-order valence-corrected chi connectivity index (χ2v) is 8.53. The predicted octanol–water partition coefficient (Wildman–Crippen LogP) is 3.44. The molecule has 4 rings (SSSR count). The number of halogens is 2. The summed E-state index contributed by atoms with van der Waals surface area (Å²) in [7, 11) is 0. The largest absolute Gasteiger partial charge is 0.491 e. The summed E-state index contributed by atoms with van der Waals surface area (Å²) in [6.07, 6.45) is 0.634. The van der Waals surface area contributed by atoms with E-state index in [0.717, 1.165) is 43.1 Å². The Hall–Kier alpha value is -1.99. The molecule has 1 unspecified atom stereocenters. The van der Waals surface area contributed by atoms with E-state index in [9.17, 15) is 9.90 Å². The molecule has 1 saturated heterocycles. The Morgan fingerprint density at radius 3 is 2.60 bits per heavy atom. The minimum absolute atomic E-state index is 0.0471. The third-order valence-electron chi connectivity index (χ3n) is 5.52. The van der Waals surface area contributed by atoms with Gasteiger partial charge in [0.1, 0.15) is 18.5 Å². The van der Waals surface area contributed by atoms with Gasteiger partial charge in [-0.25, -0.2) is 0 Å². The molecule has 1 atom stereocenters. The molecule has 0 saturated carbocycles. The van der Waals surface area contributed by atoms with Crippen LogP contribution in [-0.4, -0.2) is 61.3 Å². The molecule has 1 amide bonds. The van der Waals surface area contributed by atoms with E-state index in [1.54, 1.807) is 0 Å². The first-order chi connectivity index (χ1) is 14.5. The minimum atomic E-state index is -0.572. The number of fused-ring (bicyclic) bond motifs is 1. The van der Waals surface area contributed by atoms with E-state index >= 15 is 0 Å². The minimum Gasteiger partial charge on any atom is -0.491 e. The molecule has 0 bridgehead atoms. The SMILES string of the molecule is O=C1CCc2cc(OCC(O)CN3CCN(c4ccc(Cl)c(Cl)c4)CC3)ccc2N1. The number of aliphatic hydroxyl groups is 1. The number of nitrogens with zero attached hydrogens (tertiary/aromatic N) is 2. The number of aryl methyl sites for hydroxylation is 1. The number of benzene rings is 2. The molecule has 0 aliphatic carbocycles. The highest BCUT2D eigenvalue weighted by atomic mass is 35.5. The fourth-order valence-electron chi connectivity index (χ4n) is 3.86. The number of hydrogen-bond donors (Lipinski definition) is 2. The van der Waals surface area contributed by atoms with Gasteiger partial charge in [0.15, 0.2) is 0 Å². The first kappa shape index (κ1) is 21.2. The smallest absolute Gasteiger partial charge is 0.224 e. The number of piperazine rings is 1. The van der Waals surface area contributed by atoms with Gasteiger partial charge in [0.25, 0.3) is 0 Å². The van der Waals surface area contributed by atoms with Crippen molar-refractivity contribution in [2.75, 3.05) is 49.5 Å². The van der Waals surface area contributed by atoms with E-state index in [4.69, 9.17) is 27.9 Å². The van der Waals surface area contributed by atoms with Crippen molar-refractivity contribution >= 4 is 40.5 Å². The van der Waals surface area contributed by atoms with Gasteiger partial charge < -0.3 is 20.1 Å². The summed E-state index contributed by atoms with van der Waals surface area (Å²) in [6, 6.07) is 11.3. The lowest BCUT2D eigenvalue weighted by molar-refractivity contribution is -0.116. The number of hydrogen-bond acceptors (Lipinski definition) is 5. The van der Waals surface area contributed by atoms with Gasteiger partial charge in [-0.15, -0.1) is 0 Å². The molecule has 2 N–H and O–H groups in total. The molecule has 8 heteroatoms. The summed E-state index contributed by atoms with van der Waals surface area (Å²) >= 11 is 12.1. The number of β-amino-alcohol motifs (C(OH)–C–C–N with tert-alkyl or cyclic N) is 1. The van der Waals surface area contributed by atoms with Crippen molar-refractivity contribution in [2.45, 2.75) is 18.9 Å². The van der Waals surface area contributed by atoms with Crippen molar-refractivity contribution in [1.82, 2.24) is 4.90 Å². The maximum absolute atomic E-state index is 11.4. The summed E-state index contributed by atoms with van der Waals surface area (Å²) in [5.41, 5.74) is 2.98. The molecule has 2 aliphatic heterocycles. The fraction of sp³-hybridized carbons (Fsp3) is 0.409. The second kappa shape index (κ2) is 9.43. The average Bonchev–Trinajstić information content (AvgIpc) is 2.75. The molecule has 2 aromatic rings. The second-order valence-electron chi connectivity index (χ2n) is 7.72. The van der Waals surface area contributed by atoms with Crippen LogP contribution >= 0.6 is 23.2 Å². The van der Waals surface area contributed by atoms with Gasteiger partial charge in [-0.2, -0.15) is 0 Å². The topological polar surface area (TPSA) is 65.0 Å². The van der Waals surface area contributed by atoms with Crippen molar-refractivity contribution < 1.29 is 14.6 Å². The Morgan fingerprint density at radius 2 is 1.83 bits per heavy atom. The van der Waals surface area contributed by atoms with Gasteiger partial charge in [0.2, 0.25) is 5.91 Å². The van der Waals surface area contributed by atoms with Crippen LogP contribution in [0.1, 0.15) is 12.0 Å². The highest BCUT2D eigenvalue weighted by Gasteiger charge is 2.21. The van der Waals surface area contributed by atoms with Gasteiger partial charge >= 0.3 is 0 Å². The van der Waals surface area contributed by atoms with E-state index in [1.807, 2.05) is 36.4 Å². The summed E-state index contributed by atoms with van der Waals surface area (Å²) in [5, 5.41) is 14.4. The quantitative estimate of drug-likeness (QED) is 0.706. The number of amides is 1. The van der Waals surface area contributed by atoms with Crippen LogP contribution in [0.2, 0.25) is 10.0 Å². The zero-order valence-corrected chi connectivity index (χ0v) is 18.1. The number of carbonyl (C=O) groups is 1. The van der Waals surface area contributed by atoms with Crippen LogP contribution in [-0.2, 0) is 11.2 Å². The van der Waals surface area contributed by atoms with Crippen LogP contribution in [0.5, 0.6) is 5.75 Å². The van der Waals surface area contributed by atoms with Gasteiger partial charge in [-0.05, 0) is 48.4 Å². The Morgan fingerprint density at radius 1 is 1.03 bits per heavy atom. The third kappa shape index (κ3) is 5.19. The number of ether oxygens (including phenoxy) is 1. The first-order valence-electron chi connectivity index (χ1n) is 10.1. The number of rotatable bonds is 6. The Labute approximate surface area is 186 Å². The molecule has 0 radical (unpaired) electrons. The number of anilines is 2. The summed E-state index contributed by atoms with van der Waals surface area (Å²) in [6.45, 7) is 4.24. The van der Waals surface area contributed by atoms with Crippen LogP contribution < -0.4 is 15.0 Å². The van der Waals surface area contributed by atoms with Gasteiger partial charge in [-0.3, -0.25) is 9.69 Å². The van der Waals surface area contributed by atoms with Crippen LogP contribution in [0.25, 0.3) is 0 Å². The molecular formula is C22H25Cl2N3O3. The van der Waals surface area contributed by atoms with Crippen LogP contribution in [0.4, 0.5) is 11.4 Å². The van der Waals surface area contributed by atoms with E-state index in [-0.39, 0.29) is 12.5 Å². The molecular weight excluding hydrogens is 425 g/mol. The number of nitrogens with one attached hydrogen (secondary N) is 1. The fourth-order valence-corrected chi connectivity index (χ4v) is 4.16. The van der Waals surface area contributed by atoms with Crippen LogP contribution in [0.15, 0.2) is 36.4 Å². The van der Waals surface area contributed by atoms with Gasteiger partial charge in [-0.1, -0.05) is 23.2 Å². The Bertz CT molecular complexity index is 916. The maximum Gasteiger partial charge on any atom is 0.224 e. The van der Waals surface area contributed by atoms with E-state index in [1.165, 1.54) is 0 Å². The monoisotopic (exact) mass is 449 g/mol. The average molecular weight is 450 g/mol. The van der Waals surface area contributed by atoms with Crippen molar-refractivity contribution in [3.05, 3.63) is 52.0 Å². The third-order valence-corrected chi connectivity index (χ3v) is 6.26. The van der Waals surface area contributed by atoms with E-state index in [0.29, 0.717) is 35.2 Å².